The Labute approximate surface area is 144 Å². The molecule has 0 aliphatic heterocycles. The second kappa shape index (κ2) is 9.58. The highest BCUT2D eigenvalue weighted by molar-refractivity contribution is 6.20. The van der Waals surface area contributed by atoms with Crippen molar-refractivity contribution in [2.45, 2.75) is 31.7 Å². The van der Waals surface area contributed by atoms with Crippen LogP contribution in [0.4, 0.5) is 0 Å². The van der Waals surface area contributed by atoms with E-state index in [4.69, 9.17) is 21.1 Å². The van der Waals surface area contributed by atoms with Crippen molar-refractivity contribution in [3.05, 3.63) is 43.0 Å². The Hall–Kier alpha value is -1.52. The van der Waals surface area contributed by atoms with Crippen LogP contribution in [0.1, 0.15) is 20.8 Å². The minimum Gasteiger partial charge on any atom is -0.492 e. The van der Waals surface area contributed by atoms with Gasteiger partial charge in [0, 0.05) is 13.1 Å². The number of alkyl halides is 1. The maximum Gasteiger partial charge on any atom is 0.320 e. The van der Waals surface area contributed by atoms with E-state index in [9.17, 15) is 4.79 Å². The van der Waals surface area contributed by atoms with Crippen LogP contribution in [-0.2, 0) is 9.53 Å². The van der Waals surface area contributed by atoms with E-state index in [-0.39, 0.29) is 17.9 Å². The number of ether oxygens (including phenoxy) is 2. The first-order chi connectivity index (χ1) is 10.8. The second-order valence-corrected chi connectivity index (χ2v) is 6.91. The Morgan fingerprint density at radius 1 is 1.35 bits per heavy atom. The second-order valence-electron chi connectivity index (χ2n) is 6.29. The van der Waals surface area contributed by atoms with Crippen LogP contribution in [0, 0.1) is 0 Å². The first kappa shape index (κ1) is 19.5. The lowest BCUT2D eigenvalue weighted by Crippen LogP contribution is -2.39. The maximum absolute atomic E-state index is 11.9. The van der Waals surface area contributed by atoms with E-state index in [1.807, 2.05) is 56.0 Å². The fraction of sp³-hybridized carbons (Fsp3) is 0.500. The molecule has 0 spiro atoms. The van der Waals surface area contributed by atoms with Gasteiger partial charge >= 0.3 is 5.97 Å². The number of rotatable bonds is 9. The molecule has 1 aromatic carbocycles. The molecule has 0 unspecified atom stereocenters. The zero-order valence-corrected chi connectivity index (χ0v) is 14.9. The third-order valence-corrected chi connectivity index (χ3v) is 3.05. The molecule has 128 valence electrons. The van der Waals surface area contributed by atoms with Crippen molar-refractivity contribution in [1.82, 2.24) is 4.90 Å². The van der Waals surface area contributed by atoms with Crippen molar-refractivity contribution in [1.29, 1.82) is 0 Å². The van der Waals surface area contributed by atoms with Crippen molar-refractivity contribution in [3.8, 4) is 5.75 Å². The van der Waals surface area contributed by atoms with Crippen molar-refractivity contribution >= 4 is 17.6 Å². The number of nitrogens with zero attached hydrogens (tertiary/aromatic N) is 1. The van der Waals surface area contributed by atoms with E-state index in [1.54, 1.807) is 6.08 Å². The van der Waals surface area contributed by atoms with Crippen molar-refractivity contribution in [2.24, 2.45) is 0 Å². The third-order valence-electron chi connectivity index (χ3n) is 2.79. The van der Waals surface area contributed by atoms with Crippen molar-refractivity contribution in [3.63, 3.8) is 0 Å². The lowest BCUT2D eigenvalue weighted by molar-refractivity contribution is -0.156. The smallest absolute Gasteiger partial charge is 0.320 e. The van der Waals surface area contributed by atoms with E-state index < -0.39 is 5.60 Å². The van der Waals surface area contributed by atoms with Crippen LogP contribution in [-0.4, -0.2) is 48.1 Å². The van der Waals surface area contributed by atoms with Gasteiger partial charge in [0.15, 0.2) is 0 Å². The largest absolute Gasteiger partial charge is 0.492 e. The van der Waals surface area contributed by atoms with Gasteiger partial charge in [-0.15, -0.1) is 18.2 Å². The van der Waals surface area contributed by atoms with Crippen LogP contribution in [0.2, 0.25) is 0 Å². The van der Waals surface area contributed by atoms with E-state index in [1.165, 1.54) is 0 Å². The fourth-order valence-electron chi connectivity index (χ4n) is 1.98. The molecule has 0 aliphatic rings. The van der Waals surface area contributed by atoms with Gasteiger partial charge < -0.3 is 9.47 Å². The van der Waals surface area contributed by atoms with E-state index >= 15 is 0 Å². The summed E-state index contributed by atoms with van der Waals surface area (Å²) in [5, 5.41) is -0.238. The lowest BCUT2D eigenvalue weighted by Gasteiger charge is -2.25. The molecule has 1 aromatic rings. The SMILES string of the molecule is C=CCN(CC(=O)OC(C)(C)C)C[C@@H](Cl)COc1ccccc1. The summed E-state index contributed by atoms with van der Waals surface area (Å²) < 4.78 is 11.0. The predicted octanol–water partition coefficient (Wildman–Crippen LogP) is 3.50. The summed E-state index contributed by atoms with van der Waals surface area (Å²) in [6.45, 7) is 10.9. The number of benzene rings is 1. The van der Waals surface area contributed by atoms with Crippen LogP contribution in [0.5, 0.6) is 5.75 Å². The fourth-order valence-corrected chi connectivity index (χ4v) is 2.24. The zero-order valence-electron chi connectivity index (χ0n) is 14.1. The first-order valence-electron chi connectivity index (χ1n) is 7.67. The summed E-state index contributed by atoms with van der Waals surface area (Å²) in [6.07, 6.45) is 1.74. The molecule has 1 rings (SSSR count). The molecule has 0 fully saturated rings. The van der Waals surface area contributed by atoms with Crippen LogP contribution < -0.4 is 4.74 Å². The van der Waals surface area contributed by atoms with Crippen molar-refractivity contribution in [2.75, 3.05) is 26.2 Å². The minimum absolute atomic E-state index is 0.178. The number of hydrogen-bond donors (Lipinski definition) is 0. The molecule has 0 aromatic heterocycles. The summed E-state index contributed by atoms with van der Waals surface area (Å²) >= 11 is 6.32. The van der Waals surface area contributed by atoms with Gasteiger partial charge in [0.05, 0.1) is 11.9 Å². The Morgan fingerprint density at radius 3 is 2.57 bits per heavy atom. The Morgan fingerprint density at radius 2 is 2.00 bits per heavy atom. The highest BCUT2D eigenvalue weighted by Crippen LogP contribution is 2.11. The van der Waals surface area contributed by atoms with Crippen LogP contribution >= 0.6 is 11.6 Å². The van der Waals surface area contributed by atoms with Crippen LogP contribution in [0.15, 0.2) is 43.0 Å². The molecule has 0 N–H and O–H groups in total. The van der Waals surface area contributed by atoms with Gasteiger partial charge in [0.2, 0.25) is 0 Å². The average molecular weight is 340 g/mol. The quantitative estimate of drug-likeness (QED) is 0.392. The summed E-state index contributed by atoms with van der Waals surface area (Å²) in [4.78, 5) is 13.8. The number of esters is 1. The Balaban J connectivity index is 2.44. The summed E-state index contributed by atoms with van der Waals surface area (Å²) in [7, 11) is 0. The molecule has 0 saturated carbocycles. The number of carbonyl (C=O) groups is 1. The van der Waals surface area contributed by atoms with Gasteiger partial charge in [-0.25, -0.2) is 0 Å². The monoisotopic (exact) mass is 339 g/mol. The topological polar surface area (TPSA) is 38.8 Å². The number of hydrogen-bond acceptors (Lipinski definition) is 4. The first-order valence-corrected chi connectivity index (χ1v) is 8.11. The van der Waals surface area contributed by atoms with Gasteiger partial charge in [-0.3, -0.25) is 9.69 Å². The number of halogens is 1. The molecule has 0 bridgehead atoms. The normalized spacial score (nSPS) is 12.7. The van der Waals surface area contributed by atoms with Crippen LogP contribution in [0.25, 0.3) is 0 Å². The molecule has 0 aliphatic carbocycles. The van der Waals surface area contributed by atoms with Gasteiger partial charge in [-0.2, -0.15) is 0 Å². The van der Waals surface area contributed by atoms with Gasteiger partial charge in [0.25, 0.3) is 0 Å². The molecule has 0 amide bonds. The standard InChI is InChI=1S/C18H26ClNO3/c1-5-11-20(13-17(21)23-18(2,3)4)12-15(19)14-22-16-9-7-6-8-10-16/h5-10,15H,1,11-14H2,2-4H3/t15-/m1/s1. The van der Waals surface area contributed by atoms with E-state index in [0.29, 0.717) is 19.7 Å². The molecule has 4 nitrogen and oxygen atoms in total. The summed E-state index contributed by atoms with van der Waals surface area (Å²) in [5.41, 5.74) is -0.492. The Kier molecular flexibility index (Phi) is 8.13. The molecular formula is C18H26ClNO3. The van der Waals surface area contributed by atoms with E-state index in [0.717, 1.165) is 5.75 Å². The highest BCUT2D eigenvalue weighted by atomic mass is 35.5. The van der Waals surface area contributed by atoms with Crippen LogP contribution in [0.3, 0.4) is 0 Å². The average Bonchev–Trinajstić information content (AvgIpc) is 2.44. The lowest BCUT2D eigenvalue weighted by atomic mass is 10.2. The van der Waals surface area contributed by atoms with E-state index in [2.05, 4.69) is 6.58 Å². The molecule has 0 saturated heterocycles. The summed E-state index contributed by atoms with van der Waals surface area (Å²) in [6, 6.07) is 9.51. The molecule has 23 heavy (non-hydrogen) atoms. The number of carbonyl (C=O) groups excluding carboxylic acids is 1. The molecular weight excluding hydrogens is 314 g/mol. The number of para-hydroxylation sites is 1. The van der Waals surface area contributed by atoms with Gasteiger partial charge in [-0.1, -0.05) is 24.3 Å². The summed E-state index contributed by atoms with van der Waals surface area (Å²) in [5.74, 6) is 0.507. The minimum atomic E-state index is -0.492. The maximum atomic E-state index is 11.9. The van der Waals surface area contributed by atoms with Gasteiger partial charge in [-0.05, 0) is 32.9 Å². The molecule has 5 heteroatoms. The van der Waals surface area contributed by atoms with Crippen molar-refractivity contribution < 1.29 is 14.3 Å². The molecule has 0 heterocycles. The molecule has 1 atom stereocenters. The Bertz CT molecular complexity index is 485. The predicted molar refractivity (Wildman–Crippen MR) is 94.1 cm³/mol. The zero-order chi connectivity index (χ0) is 17.3. The van der Waals surface area contributed by atoms with Gasteiger partial charge in [0.1, 0.15) is 18.0 Å². The molecule has 0 radical (unpaired) electrons. The highest BCUT2D eigenvalue weighted by Gasteiger charge is 2.20. The third kappa shape index (κ3) is 9.26.